The SMILES string of the molecule is CC1CNCCC1NC(=O)Nc1ccccc1. The Bertz CT molecular complexity index is 366. The first-order valence-electron chi connectivity index (χ1n) is 6.09. The molecule has 1 fully saturated rings. The molecule has 0 bridgehead atoms. The Morgan fingerprint density at radius 3 is 2.82 bits per heavy atom. The van der Waals surface area contributed by atoms with Crippen LogP contribution in [0.15, 0.2) is 30.3 Å². The van der Waals surface area contributed by atoms with Crippen molar-refractivity contribution in [2.24, 2.45) is 5.92 Å². The number of urea groups is 1. The third kappa shape index (κ3) is 3.46. The number of anilines is 1. The van der Waals surface area contributed by atoms with Crippen molar-refractivity contribution in [2.45, 2.75) is 19.4 Å². The van der Waals surface area contributed by atoms with Crippen LogP contribution in [0.5, 0.6) is 0 Å². The zero-order valence-electron chi connectivity index (χ0n) is 10.1. The molecule has 4 heteroatoms. The van der Waals surface area contributed by atoms with Crippen LogP contribution in [0.3, 0.4) is 0 Å². The molecule has 0 aromatic heterocycles. The summed E-state index contributed by atoms with van der Waals surface area (Å²) >= 11 is 0. The minimum Gasteiger partial charge on any atom is -0.335 e. The number of rotatable bonds is 2. The number of carbonyl (C=O) groups is 1. The molecule has 17 heavy (non-hydrogen) atoms. The molecule has 0 radical (unpaired) electrons. The van der Waals surface area contributed by atoms with E-state index in [2.05, 4.69) is 22.9 Å². The van der Waals surface area contributed by atoms with Gasteiger partial charge in [0, 0.05) is 11.7 Å². The van der Waals surface area contributed by atoms with Gasteiger partial charge in [-0.3, -0.25) is 0 Å². The molecule has 4 nitrogen and oxygen atoms in total. The summed E-state index contributed by atoms with van der Waals surface area (Å²) < 4.78 is 0. The van der Waals surface area contributed by atoms with Crippen molar-refractivity contribution in [1.82, 2.24) is 10.6 Å². The van der Waals surface area contributed by atoms with E-state index in [-0.39, 0.29) is 12.1 Å². The van der Waals surface area contributed by atoms with Gasteiger partial charge in [0.25, 0.3) is 0 Å². The van der Waals surface area contributed by atoms with Crippen molar-refractivity contribution in [3.05, 3.63) is 30.3 Å². The van der Waals surface area contributed by atoms with Crippen molar-refractivity contribution in [3.8, 4) is 0 Å². The first-order valence-corrected chi connectivity index (χ1v) is 6.09. The molecule has 1 heterocycles. The van der Waals surface area contributed by atoms with Crippen LogP contribution in [-0.4, -0.2) is 25.2 Å². The Labute approximate surface area is 102 Å². The van der Waals surface area contributed by atoms with Crippen LogP contribution in [0.2, 0.25) is 0 Å². The summed E-state index contributed by atoms with van der Waals surface area (Å²) in [5.41, 5.74) is 0.826. The predicted octanol–water partition coefficient (Wildman–Crippen LogP) is 1.81. The zero-order chi connectivity index (χ0) is 12.1. The number of hydrogen-bond acceptors (Lipinski definition) is 2. The molecule has 2 amide bonds. The molecule has 1 aliphatic heterocycles. The van der Waals surface area contributed by atoms with Gasteiger partial charge in [-0.05, 0) is 37.6 Å². The lowest BCUT2D eigenvalue weighted by atomic mass is 9.95. The maximum Gasteiger partial charge on any atom is 0.319 e. The number of amides is 2. The normalized spacial score (nSPS) is 24.1. The zero-order valence-corrected chi connectivity index (χ0v) is 10.1. The Balaban J connectivity index is 1.84. The van der Waals surface area contributed by atoms with Crippen LogP contribution in [0.25, 0.3) is 0 Å². The van der Waals surface area contributed by atoms with Crippen LogP contribution in [0.4, 0.5) is 10.5 Å². The molecule has 1 saturated heterocycles. The quantitative estimate of drug-likeness (QED) is 0.729. The first-order chi connectivity index (χ1) is 8.25. The minimum atomic E-state index is -0.116. The van der Waals surface area contributed by atoms with E-state index in [0.29, 0.717) is 5.92 Å². The molecule has 0 saturated carbocycles. The van der Waals surface area contributed by atoms with E-state index in [1.807, 2.05) is 30.3 Å². The monoisotopic (exact) mass is 233 g/mol. The average Bonchev–Trinajstić information content (AvgIpc) is 2.33. The smallest absolute Gasteiger partial charge is 0.319 e. The molecule has 2 rings (SSSR count). The number of hydrogen-bond donors (Lipinski definition) is 3. The van der Waals surface area contributed by atoms with Gasteiger partial charge in [0.1, 0.15) is 0 Å². The van der Waals surface area contributed by atoms with E-state index < -0.39 is 0 Å². The summed E-state index contributed by atoms with van der Waals surface area (Å²) in [5, 5.41) is 9.18. The Kier molecular flexibility index (Phi) is 3.98. The van der Waals surface area contributed by atoms with Gasteiger partial charge in [-0.1, -0.05) is 25.1 Å². The summed E-state index contributed by atoms with van der Waals surface area (Å²) in [6.07, 6.45) is 0.989. The molecule has 0 spiro atoms. The van der Waals surface area contributed by atoms with Gasteiger partial charge in [-0.25, -0.2) is 4.79 Å². The lowest BCUT2D eigenvalue weighted by Crippen LogP contribution is -2.49. The number of para-hydroxylation sites is 1. The molecular weight excluding hydrogens is 214 g/mol. The van der Waals surface area contributed by atoms with Crippen molar-refractivity contribution in [2.75, 3.05) is 18.4 Å². The lowest BCUT2D eigenvalue weighted by Gasteiger charge is -2.30. The van der Waals surface area contributed by atoms with E-state index >= 15 is 0 Å². The molecule has 1 aromatic carbocycles. The van der Waals surface area contributed by atoms with Gasteiger partial charge in [0.05, 0.1) is 0 Å². The van der Waals surface area contributed by atoms with Crippen LogP contribution in [-0.2, 0) is 0 Å². The average molecular weight is 233 g/mol. The van der Waals surface area contributed by atoms with Gasteiger partial charge < -0.3 is 16.0 Å². The Morgan fingerprint density at radius 1 is 1.35 bits per heavy atom. The molecule has 2 atom stereocenters. The van der Waals surface area contributed by atoms with Crippen molar-refractivity contribution in [1.29, 1.82) is 0 Å². The van der Waals surface area contributed by atoms with Gasteiger partial charge >= 0.3 is 6.03 Å². The first kappa shape index (κ1) is 11.9. The second kappa shape index (κ2) is 5.68. The van der Waals surface area contributed by atoms with E-state index in [1.54, 1.807) is 0 Å². The third-order valence-corrected chi connectivity index (χ3v) is 3.13. The van der Waals surface area contributed by atoms with Crippen LogP contribution < -0.4 is 16.0 Å². The lowest BCUT2D eigenvalue weighted by molar-refractivity contribution is 0.236. The summed E-state index contributed by atoms with van der Waals surface area (Å²) in [7, 11) is 0. The predicted molar refractivity (Wildman–Crippen MR) is 69.0 cm³/mol. The Morgan fingerprint density at radius 2 is 2.12 bits per heavy atom. The maximum absolute atomic E-state index is 11.8. The number of piperidine rings is 1. The number of benzene rings is 1. The van der Waals surface area contributed by atoms with Gasteiger partial charge in [0.15, 0.2) is 0 Å². The highest BCUT2D eigenvalue weighted by Gasteiger charge is 2.22. The van der Waals surface area contributed by atoms with E-state index in [0.717, 1.165) is 25.2 Å². The fourth-order valence-corrected chi connectivity index (χ4v) is 2.09. The molecule has 3 N–H and O–H groups in total. The molecule has 1 aliphatic rings. The molecule has 2 unspecified atom stereocenters. The molecule has 92 valence electrons. The van der Waals surface area contributed by atoms with Crippen molar-refractivity contribution >= 4 is 11.7 Å². The van der Waals surface area contributed by atoms with E-state index in [4.69, 9.17) is 0 Å². The van der Waals surface area contributed by atoms with Crippen LogP contribution in [0.1, 0.15) is 13.3 Å². The second-order valence-corrected chi connectivity index (χ2v) is 4.54. The molecular formula is C13H19N3O. The highest BCUT2D eigenvalue weighted by atomic mass is 16.2. The number of carbonyl (C=O) groups excluding carboxylic acids is 1. The molecule has 0 aliphatic carbocycles. The highest BCUT2D eigenvalue weighted by Crippen LogP contribution is 2.11. The largest absolute Gasteiger partial charge is 0.335 e. The van der Waals surface area contributed by atoms with Crippen molar-refractivity contribution < 1.29 is 4.79 Å². The minimum absolute atomic E-state index is 0.116. The van der Waals surface area contributed by atoms with E-state index in [1.165, 1.54) is 0 Å². The van der Waals surface area contributed by atoms with Crippen molar-refractivity contribution in [3.63, 3.8) is 0 Å². The fraction of sp³-hybridized carbons (Fsp3) is 0.462. The highest BCUT2D eigenvalue weighted by molar-refractivity contribution is 5.89. The third-order valence-electron chi connectivity index (χ3n) is 3.13. The molecule has 1 aromatic rings. The summed E-state index contributed by atoms with van der Waals surface area (Å²) in [6, 6.07) is 9.65. The van der Waals surface area contributed by atoms with Crippen LogP contribution >= 0.6 is 0 Å². The van der Waals surface area contributed by atoms with Gasteiger partial charge in [-0.2, -0.15) is 0 Å². The van der Waals surface area contributed by atoms with Crippen LogP contribution in [0, 0.1) is 5.92 Å². The summed E-state index contributed by atoms with van der Waals surface area (Å²) in [5.74, 6) is 0.477. The van der Waals surface area contributed by atoms with E-state index in [9.17, 15) is 4.79 Å². The Hall–Kier alpha value is -1.55. The fourth-order valence-electron chi connectivity index (χ4n) is 2.09. The summed E-state index contributed by atoms with van der Waals surface area (Å²) in [4.78, 5) is 11.8. The summed E-state index contributed by atoms with van der Waals surface area (Å²) in [6.45, 7) is 4.09. The maximum atomic E-state index is 11.8. The topological polar surface area (TPSA) is 53.2 Å². The van der Waals surface area contributed by atoms with Gasteiger partial charge in [0.2, 0.25) is 0 Å². The van der Waals surface area contributed by atoms with Gasteiger partial charge in [-0.15, -0.1) is 0 Å². The number of nitrogens with one attached hydrogen (secondary N) is 3. The second-order valence-electron chi connectivity index (χ2n) is 4.54. The standard InChI is InChI=1S/C13H19N3O/c1-10-9-14-8-7-12(10)16-13(17)15-11-5-3-2-4-6-11/h2-6,10,12,14H,7-9H2,1H3,(H2,15,16,17).